The molecule has 3 heteroatoms. The molecule has 1 aromatic rings. The number of likely N-dealkylation sites (N-methyl/N-ethyl adjacent to an activating group) is 1. The maximum absolute atomic E-state index is 12.6. The molecule has 0 spiro atoms. The van der Waals surface area contributed by atoms with Crippen molar-refractivity contribution >= 4 is 5.91 Å². The van der Waals surface area contributed by atoms with E-state index in [1.165, 1.54) is 0 Å². The van der Waals surface area contributed by atoms with Gasteiger partial charge in [-0.25, -0.2) is 0 Å². The minimum atomic E-state index is -0.338. The summed E-state index contributed by atoms with van der Waals surface area (Å²) in [5.74, 6) is 0.154. The molecule has 1 amide bonds. The van der Waals surface area contributed by atoms with Gasteiger partial charge in [-0.1, -0.05) is 51.1 Å². The van der Waals surface area contributed by atoms with E-state index < -0.39 is 0 Å². The summed E-state index contributed by atoms with van der Waals surface area (Å²) >= 11 is 0. The molecule has 19 heavy (non-hydrogen) atoms. The highest BCUT2D eigenvalue weighted by Crippen LogP contribution is 2.28. The molecule has 0 aromatic heterocycles. The van der Waals surface area contributed by atoms with Crippen molar-refractivity contribution in [2.45, 2.75) is 33.2 Å². The second-order valence-electron chi connectivity index (χ2n) is 5.54. The lowest BCUT2D eigenvalue weighted by Crippen LogP contribution is -2.41. The third kappa shape index (κ3) is 3.80. The average Bonchev–Trinajstić information content (AvgIpc) is 2.44. The molecule has 0 bridgehead atoms. The van der Waals surface area contributed by atoms with Crippen LogP contribution in [0.4, 0.5) is 0 Å². The van der Waals surface area contributed by atoms with Gasteiger partial charge in [-0.2, -0.15) is 0 Å². The van der Waals surface area contributed by atoms with Gasteiger partial charge < -0.3 is 9.64 Å². The van der Waals surface area contributed by atoms with Gasteiger partial charge in [-0.3, -0.25) is 4.79 Å². The minimum Gasteiger partial charge on any atom is -0.382 e. The Balaban J connectivity index is 2.97. The zero-order chi connectivity index (χ0) is 14.5. The van der Waals surface area contributed by atoms with Crippen molar-refractivity contribution in [3.63, 3.8) is 0 Å². The second-order valence-corrected chi connectivity index (χ2v) is 5.54. The zero-order valence-electron chi connectivity index (χ0n) is 12.6. The molecule has 0 aliphatic rings. The van der Waals surface area contributed by atoms with Crippen LogP contribution in [0, 0.1) is 5.41 Å². The van der Waals surface area contributed by atoms with E-state index in [9.17, 15) is 4.79 Å². The maximum Gasteiger partial charge on any atom is 0.228 e. The molecule has 0 aliphatic carbocycles. The van der Waals surface area contributed by atoms with Crippen LogP contribution in [0.1, 0.15) is 38.8 Å². The summed E-state index contributed by atoms with van der Waals surface area (Å²) in [5, 5.41) is 0. The summed E-state index contributed by atoms with van der Waals surface area (Å²) in [5.41, 5.74) is 0.766. The number of carbonyl (C=O) groups excluding carboxylic acids is 1. The molecule has 106 valence electrons. The topological polar surface area (TPSA) is 29.5 Å². The highest BCUT2D eigenvalue weighted by molar-refractivity contribution is 5.82. The Morgan fingerprint density at radius 1 is 1.32 bits per heavy atom. The molecule has 0 fully saturated rings. The quantitative estimate of drug-likeness (QED) is 0.788. The van der Waals surface area contributed by atoms with Gasteiger partial charge in [0.2, 0.25) is 5.91 Å². The van der Waals surface area contributed by atoms with E-state index in [0.717, 1.165) is 12.0 Å². The highest BCUT2D eigenvalue weighted by atomic mass is 16.5. The monoisotopic (exact) mass is 263 g/mol. The molecule has 0 heterocycles. The van der Waals surface area contributed by atoms with Gasteiger partial charge in [0.15, 0.2) is 0 Å². The van der Waals surface area contributed by atoms with E-state index in [1.807, 2.05) is 63.1 Å². The number of hydrogen-bond acceptors (Lipinski definition) is 2. The van der Waals surface area contributed by atoms with E-state index >= 15 is 0 Å². The largest absolute Gasteiger partial charge is 0.382 e. The van der Waals surface area contributed by atoms with E-state index in [2.05, 4.69) is 0 Å². The van der Waals surface area contributed by atoms with Gasteiger partial charge in [-0.15, -0.1) is 0 Å². The van der Waals surface area contributed by atoms with Gasteiger partial charge in [0, 0.05) is 19.6 Å². The Bertz CT molecular complexity index is 400. The number of methoxy groups -OCH3 is 1. The van der Waals surface area contributed by atoms with Crippen molar-refractivity contribution in [2.75, 3.05) is 20.8 Å². The number of carbonyl (C=O) groups is 1. The third-order valence-corrected chi connectivity index (χ3v) is 3.76. The van der Waals surface area contributed by atoms with Gasteiger partial charge >= 0.3 is 0 Å². The Kier molecular flexibility index (Phi) is 5.55. The van der Waals surface area contributed by atoms with Gasteiger partial charge in [0.05, 0.1) is 12.6 Å². The van der Waals surface area contributed by atoms with Gasteiger partial charge in [-0.05, 0) is 12.0 Å². The number of amides is 1. The van der Waals surface area contributed by atoms with Crippen LogP contribution in [0.3, 0.4) is 0 Å². The molecule has 0 saturated heterocycles. The summed E-state index contributed by atoms with van der Waals surface area (Å²) in [6.07, 6.45) is 0.824. The summed E-state index contributed by atoms with van der Waals surface area (Å²) in [6, 6.07) is 9.98. The first-order valence-corrected chi connectivity index (χ1v) is 6.75. The Morgan fingerprint density at radius 3 is 2.37 bits per heavy atom. The van der Waals surface area contributed by atoms with Crippen molar-refractivity contribution in [1.82, 2.24) is 4.90 Å². The number of benzene rings is 1. The molecule has 1 unspecified atom stereocenters. The van der Waals surface area contributed by atoms with Crippen LogP contribution in [-0.2, 0) is 9.53 Å². The van der Waals surface area contributed by atoms with Crippen LogP contribution < -0.4 is 0 Å². The number of ether oxygens (including phenoxy) is 1. The van der Waals surface area contributed by atoms with E-state index in [0.29, 0.717) is 6.61 Å². The van der Waals surface area contributed by atoms with E-state index in [1.54, 1.807) is 7.11 Å². The lowest BCUT2D eigenvalue weighted by molar-refractivity contribution is -0.142. The minimum absolute atomic E-state index is 0.0375. The summed E-state index contributed by atoms with van der Waals surface area (Å²) in [7, 11) is 3.52. The van der Waals surface area contributed by atoms with Crippen LogP contribution in [0.15, 0.2) is 30.3 Å². The summed E-state index contributed by atoms with van der Waals surface area (Å²) in [6.45, 7) is 6.52. The average molecular weight is 263 g/mol. The van der Waals surface area contributed by atoms with Crippen LogP contribution >= 0.6 is 0 Å². The van der Waals surface area contributed by atoms with Crippen LogP contribution in [0.2, 0.25) is 0 Å². The van der Waals surface area contributed by atoms with Gasteiger partial charge in [0.1, 0.15) is 0 Å². The van der Waals surface area contributed by atoms with Crippen molar-refractivity contribution in [2.24, 2.45) is 5.41 Å². The molecule has 1 rings (SSSR count). The van der Waals surface area contributed by atoms with E-state index in [4.69, 9.17) is 4.74 Å². The van der Waals surface area contributed by atoms with E-state index in [-0.39, 0.29) is 17.4 Å². The molecular formula is C16H25NO2. The first-order chi connectivity index (χ1) is 8.94. The van der Waals surface area contributed by atoms with Crippen molar-refractivity contribution < 1.29 is 9.53 Å². The Morgan fingerprint density at radius 2 is 1.89 bits per heavy atom. The lowest BCUT2D eigenvalue weighted by Gasteiger charge is -2.34. The summed E-state index contributed by atoms with van der Waals surface area (Å²) in [4.78, 5) is 14.4. The standard InChI is InChI=1S/C16H25NO2/c1-6-16(2,3)15(18)17(4)14(12-19-5)13-10-8-7-9-11-13/h7-11,14H,6,12H2,1-5H3. The third-order valence-electron chi connectivity index (χ3n) is 3.76. The smallest absolute Gasteiger partial charge is 0.228 e. The zero-order valence-corrected chi connectivity index (χ0v) is 12.6. The fraction of sp³-hybridized carbons (Fsp3) is 0.562. The summed E-state index contributed by atoms with van der Waals surface area (Å²) < 4.78 is 5.28. The predicted octanol–water partition coefficient (Wildman–Crippen LogP) is 3.27. The van der Waals surface area contributed by atoms with Gasteiger partial charge in [0.25, 0.3) is 0 Å². The number of nitrogens with zero attached hydrogens (tertiary/aromatic N) is 1. The van der Waals surface area contributed by atoms with Crippen LogP contribution in [0.5, 0.6) is 0 Å². The molecule has 0 aliphatic heterocycles. The molecular weight excluding hydrogens is 238 g/mol. The van der Waals surface area contributed by atoms with Crippen LogP contribution in [-0.4, -0.2) is 31.6 Å². The lowest BCUT2D eigenvalue weighted by atomic mass is 9.88. The maximum atomic E-state index is 12.6. The molecule has 3 nitrogen and oxygen atoms in total. The highest BCUT2D eigenvalue weighted by Gasteiger charge is 2.32. The normalized spacial score (nSPS) is 13.1. The fourth-order valence-corrected chi connectivity index (χ4v) is 2.03. The first-order valence-electron chi connectivity index (χ1n) is 6.75. The van der Waals surface area contributed by atoms with Crippen LogP contribution in [0.25, 0.3) is 0 Å². The van der Waals surface area contributed by atoms with Crippen molar-refractivity contribution in [3.05, 3.63) is 35.9 Å². The fourth-order valence-electron chi connectivity index (χ4n) is 2.03. The van der Waals surface area contributed by atoms with Crippen molar-refractivity contribution in [3.8, 4) is 0 Å². The Labute approximate surface area is 116 Å². The Hall–Kier alpha value is -1.35. The second kappa shape index (κ2) is 6.71. The molecule has 0 radical (unpaired) electrons. The SMILES string of the molecule is CCC(C)(C)C(=O)N(C)C(COC)c1ccccc1. The van der Waals surface area contributed by atoms with Crippen molar-refractivity contribution in [1.29, 1.82) is 0 Å². The molecule has 1 atom stereocenters. The first kappa shape index (κ1) is 15.7. The number of rotatable bonds is 6. The molecule has 1 aromatic carbocycles. The predicted molar refractivity (Wildman–Crippen MR) is 77.9 cm³/mol. The molecule has 0 saturated carbocycles. The number of hydrogen-bond donors (Lipinski definition) is 0. The molecule has 0 N–H and O–H groups in total.